The Bertz CT molecular complexity index is 255. The van der Waals surface area contributed by atoms with Crippen LogP contribution in [0, 0.1) is 0 Å². The lowest BCUT2D eigenvalue weighted by molar-refractivity contribution is -0.167. The first-order valence-corrected chi connectivity index (χ1v) is 4.69. The summed E-state index contributed by atoms with van der Waals surface area (Å²) in [6.45, 7) is 2.20. The van der Waals surface area contributed by atoms with Crippen LogP contribution in [-0.2, 0) is 19.1 Å². The zero-order valence-corrected chi connectivity index (χ0v) is 8.80. The van der Waals surface area contributed by atoms with Crippen LogP contribution in [-0.4, -0.2) is 60.9 Å². The van der Waals surface area contributed by atoms with Gasteiger partial charge in [0.25, 0.3) is 0 Å². The minimum absolute atomic E-state index is 0.0287. The molecule has 86 valence electrons. The summed E-state index contributed by atoms with van der Waals surface area (Å²) in [6, 6.07) is 0. The van der Waals surface area contributed by atoms with Crippen molar-refractivity contribution in [2.45, 2.75) is 19.1 Å². The molecule has 0 saturated carbocycles. The van der Waals surface area contributed by atoms with Crippen LogP contribution in [0.25, 0.3) is 0 Å². The largest absolute Gasteiger partial charge is 0.479 e. The van der Waals surface area contributed by atoms with Crippen LogP contribution in [0.4, 0.5) is 0 Å². The molecule has 0 aromatic carbocycles. The van der Waals surface area contributed by atoms with Crippen molar-refractivity contribution < 1.29 is 24.2 Å². The molecule has 1 aliphatic rings. The molecule has 0 aromatic heterocycles. The second kappa shape index (κ2) is 5.09. The van der Waals surface area contributed by atoms with Crippen molar-refractivity contribution in [3.05, 3.63) is 0 Å². The summed E-state index contributed by atoms with van der Waals surface area (Å²) in [5, 5.41) is 8.79. The van der Waals surface area contributed by atoms with E-state index in [1.54, 1.807) is 6.92 Å². The molecular formula is C9H15NO5. The standard InChI is InChI=1S/C9H15NO5/c1-6-3-10(8(11)5-14-2)4-7(15-6)9(12)13/h6-7H,3-5H2,1-2H3,(H,12,13)/t6-,7?/m1/s1. The molecule has 0 aliphatic carbocycles. The molecule has 1 heterocycles. The highest BCUT2D eigenvalue weighted by Gasteiger charge is 2.32. The SMILES string of the molecule is COCC(=O)N1CC(C(=O)O)O[C@H](C)C1. The summed E-state index contributed by atoms with van der Waals surface area (Å²) in [5.41, 5.74) is 0. The van der Waals surface area contributed by atoms with Crippen molar-refractivity contribution in [1.29, 1.82) is 0 Å². The number of ether oxygens (including phenoxy) is 2. The number of carbonyl (C=O) groups excluding carboxylic acids is 1. The molecule has 0 spiro atoms. The molecule has 1 aliphatic heterocycles. The van der Waals surface area contributed by atoms with Gasteiger partial charge in [0.1, 0.15) is 6.61 Å². The van der Waals surface area contributed by atoms with E-state index in [0.717, 1.165) is 0 Å². The monoisotopic (exact) mass is 217 g/mol. The van der Waals surface area contributed by atoms with Gasteiger partial charge >= 0.3 is 5.97 Å². The van der Waals surface area contributed by atoms with Crippen LogP contribution in [0.1, 0.15) is 6.92 Å². The highest BCUT2D eigenvalue weighted by Crippen LogP contribution is 2.11. The number of hydrogen-bond acceptors (Lipinski definition) is 4. The molecule has 1 rings (SSSR count). The average Bonchev–Trinajstić information content (AvgIpc) is 2.17. The van der Waals surface area contributed by atoms with Crippen molar-refractivity contribution >= 4 is 11.9 Å². The van der Waals surface area contributed by atoms with Crippen molar-refractivity contribution in [1.82, 2.24) is 4.90 Å². The first kappa shape index (κ1) is 11.9. The van der Waals surface area contributed by atoms with Crippen LogP contribution < -0.4 is 0 Å². The van der Waals surface area contributed by atoms with E-state index in [4.69, 9.17) is 14.6 Å². The molecule has 2 atom stereocenters. The van der Waals surface area contributed by atoms with E-state index in [0.29, 0.717) is 6.54 Å². The van der Waals surface area contributed by atoms with Crippen LogP contribution in [0.3, 0.4) is 0 Å². The van der Waals surface area contributed by atoms with Gasteiger partial charge in [0.15, 0.2) is 6.10 Å². The number of hydrogen-bond donors (Lipinski definition) is 1. The predicted molar refractivity (Wildman–Crippen MR) is 50.4 cm³/mol. The molecule has 0 radical (unpaired) electrons. The first-order valence-electron chi connectivity index (χ1n) is 4.69. The van der Waals surface area contributed by atoms with Crippen LogP contribution >= 0.6 is 0 Å². The van der Waals surface area contributed by atoms with Gasteiger partial charge in [-0.1, -0.05) is 0 Å². The quantitative estimate of drug-likeness (QED) is 0.678. The molecule has 0 bridgehead atoms. The average molecular weight is 217 g/mol. The number of amides is 1. The van der Waals surface area contributed by atoms with Crippen LogP contribution in [0.15, 0.2) is 0 Å². The topological polar surface area (TPSA) is 76.1 Å². The molecule has 6 nitrogen and oxygen atoms in total. The lowest BCUT2D eigenvalue weighted by Crippen LogP contribution is -2.52. The number of morpholine rings is 1. The van der Waals surface area contributed by atoms with Gasteiger partial charge in [0.05, 0.1) is 12.6 Å². The fraction of sp³-hybridized carbons (Fsp3) is 0.778. The van der Waals surface area contributed by atoms with Gasteiger partial charge < -0.3 is 19.5 Å². The van der Waals surface area contributed by atoms with E-state index >= 15 is 0 Å². The molecule has 1 saturated heterocycles. The van der Waals surface area contributed by atoms with Gasteiger partial charge in [-0.25, -0.2) is 4.79 Å². The highest BCUT2D eigenvalue weighted by atomic mass is 16.5. The second-order valence-electron chi connectivity index (χ2n) is 3.51. The predicted octanol–water partition coefficient (Wildman–Crippen LogP) is -0.667. The van der Waals surface area contributed by atoms with E-state index in [-0.39, 0.29) is 25.2 Å². The van der Waals surface area contributed by atoms with Crippen molar-refractivity contribution in [2.75, 3.05) is 26.8 Å². The maximum absolute atomic E-state index is 11.5. The maximum Gasteiger partial charge on any atom is 0.334 e. The Kier molecular flexibility index (Phi) is 4.05. The van der Waals surface area contributed by atoms with E-state index in [2.05, 4.69) is 0 Å². The highest BCUT2D eigenvalue weighted by molar-refractivity contribution is 5.79. The van der Waals surface area contributed by atoms with Gasteiger partial charge in [-0.2, -0.15) is 0 Å². The fourth-order valence-electron chi connectivity index (χ4n) is 1.51. The third kappa shape index (κ3) is 3.17. The molecule has 1 unspecified atom stereocenters. The minimum Gasteiger partial charge on any atom is -0.479 e. The van der Waals surface area contributed by atoms with Gasteiger partial charge in [-0.05, 0) is 6.92 Å². The lowest BCUT2D eigenvalue weighted by atomic mass is 10.2. The number of rotatable bonds is 3. The summed E-state index contributed by atoms with van der Waals surface area (Å²) in [5.74, 6) is -1.25. The lowest BCUT2D eigenvalue weighted by Gasteiger charge is -2.34. The summed E-state index contributed by atoms with van der Waals surface area (Å²) < 4.78 is 9.88. The zero-order valence-electron chi connectivity index (χ0n) is 8.80. The smallest absolute Gasteiger partial charge is 0.334 e. The number of nitrogens with zero attached hydrogens (tertiary/aromatic N) is 1. The van der Waals surface area contributed by atoms with Crippen LogP contribution in [0.5, 0.6) is 0 Å². The number of carboxylic acids is 1. The Labute approximate surface area is 87.8 Å². The normalized spacial score (nSPS) is 26.4. The number of aliphatic carboxylic acids is 1. The van der Waals surface area contributed by atoms with Crippen molar-refractivity contribution in [3.8, 4) is 0 Å². The zero-order chi connectivity index (χ0) is 11.4. The summed E-state index contributed by atoms with van der Waals surface area (Å²) >= 11 is 0. The Morgan fingerprint density at radius 3 is 2.73 bits per heavy atom. The van der Waals surface area contributed by atoms with E-state index in [1.807, 2.05) is 0 Å². The van der Waals surface area contributed by atoms with Gasteiger partial charge in [0.2, 0.25) is 5.91 Å². The van der Waals surface area contributed by atoms with E-state index in [9.17, 15) is 9.59 Å². The third-order valence-electron chi connectivity index (χ3n) is 2.16. The van der Waals surface area contributed by atoms with E-state index in [1.165, 1.54) is 12.0 Å². The first-order chi connectivity index (χ1) is 7.04. The third-order valence-corrected chi connectivity index (χ3v) is 2.16. The Hall–Kier alpha value is -1.14. The van der Waals surface area contributed by atoms with Gasteiger partial charge in [-0.15, -0.1) is 0 Å². The fourth-order valence-corrected chi connectivity index (χ4v) is 1.51. The molecule has 1 N–H and O–H groups in total. The number of carbonyl (C=O) groups is 2. The molecule has 0 aromatic rings. The molecule has 6 heteroatoms. The van der Waals surface area contributed by atoms with Crippen molar-refractivity contribution in [2.24, 2.45) is 0 Å². The molecular weight excluding hydrogens is 202 g/mol. The summed E-state index contributed by atoms with van der Waals surface area (Å²) in [7, 11) is 1.43. The number of methoxy groups -OCH3 is 1. The minimum atomic E-state index is -1.04. The Morgan fingerprint density at radius 1 is 1.53 bits per heavy atom. The van der Waals surface area contributed by atoms with E-state index < -0.39 is 12.1 Å². The summed E-state index contributed by atoms with van der Waals surface area (Å²) in [4.78, 5) is 23.7. The van der Waals surface area contributed by atoms with Gasteiger partial charge in [-0.3, -0.25) is 4.79 Å². The molecule has 15 heavy (non-hydrogen) atoms. The van der Waals surface area contributed by atoms with Gasteiger partial charge in [0, 0.05) is 13.7 Å². The molecule has 1 amide bonds. The Morgan fingerprint density at radius 2 is 2.20 bits per heavy atom. The molecule has 1 fully saturated rings. The van der Waals surface area contributed by atoms with Crippen molar-refractivity contribution in [3.63, 3.8) is 0 Å². The second-order valence-corrected chi connectivity index (χ2v) is 3.51. The summed E-state index contributed by atoms with van der Waals surface area (Å²) in [6.07, 6.45) is -1.20. The maximum atomic E-state index is 11.5. The van der Waals surface area contributed by atoms with Crippen LogP contribution in [0.2, 0.25) is 0 Å². The number of carboxylic acid groups (broad SMARTS) is 1. The Balaban J connectivity index is 2.58.